The van der Waals surface area contributed by atoms with Crippen LogP contribution in [0, 0.1) is 5.92 Å². The van der Waals surface area contributed by atoms with E-state index in [2.05, 4.69) is 50.9 Å². The van der Waals surface area contributed by atoms with Crippen LogP contribution >= 0.6 is 15.9 Å². The van der Waals surface area contributed by atoms with E-state index < -0.39 is 0 Å². The molecule has 17 heavy (non-hydrogen) atoms. The molecule has 1 unspecified atom stereocenters. The van der Waals surface area contributed by atoms with Gasteiger partial charge in [0.15, 0.2) is 0 Å². The van der Waals surface area contributed by atoms with Gasteiger partial charge in [0.2, 0.25) is 0 Å². The van der Waals surface area contributed by atoms with Crippen LogP contribution in [0.3, 0.4) is 0 Å². The molecule has 0 N–H and O–H groups in total. The van der Waals surface area contributed by atoms with Gasteiger partial charge in [-0.2, -0.15) is 0 Å². The van der Waals surface area contributed by atoms with Crippen LogP contribution in [0.15, 0.2) is 34.9 Å². The Labute approximate surface area is 110 Å². The predicted octanol–water partition coefficient (Wildman–Crippen LogP) is 3.84. The number of anilines is 1. The number of fused-ring (bicyclic) bond motifs is 1. The van der Waals surface area contributed by atoms with E-state index in [0.29, 0.717) is 0 Å². The zero-order chi connectivity index (χ0) is 11.8. The van der Waals surface area contributed by atoms with E-state index in [1.807, 2.05) is 12.3 Å². The predicted molar refractivity (Wildman–Crippen MR) is 75.4 cm³/mol. The van der Waals surface area contributed by atoms with Gasteiger partial charge in [0.05, 0.1) is 5.52 Å². The fraction of sp³-hybridized carbons (Fsp3) is 0.357. The number of rotatable bonds is 1. The van der Waals surface area contributed by atoms with Gasteiger partial charge in [-0.3, -0.25) is 4.98 Å². The summed E-state index contributed by atoms with van der Waals surface area (Å²) in [6.07, 6.45) is 3.20. The molecule has 2 heterocycles. The van der Waals surface area contributed by atoms with Crippen molar-refractivity contribution in [2.24, 2.45) is 5.92 Å². The number of aromatic nitrogens is 1. The number of hydrogen-bond donors (Lipinski definition) is 0. The minimum atomic E-state index is 0.797. The summed E-state index contributed by atoms with van der Waals surface area (Å²) < 4.78 is 1.12. The topological polar surface area (TPSA) is 16.1 Å². The molecule has 1 atom stereocenters. The van der Waals surface area contributed by atoms with Gasteiger partial charge in [-0.15, -0.1) is 0 Å². The monoisotopic (exact) mass is 290 g/mol. The number of pyridine rings is 1. The second kappa shape index (κ2) is 4.30. The Balaban J connectivity index is 2.12. The fourth-order valence-corrected chi connectivity index (χ4v) is 2.89. The lowest BCUT2D eigenvalue weighted by Gasteiger charge is -2.20. The molecule has 1 aromatic heterocycles. The Morgan fingerprint density at radius 3 is 3.00 bits per heavy atom. The highest BCUT2D eigenvalue weighted by Gasteiger charge is 2.20. The first-order valence-corrected chi connectivity index (χ1v) is 6.82. The summed E-state index contributed by atoms with van der Waals surface area (Å²) in [6, 6.07) is 8.42. The van der Waals surface area contributed by atoms with E-state index in [4.69, 9.17) is 0 Å². The molecule has 0 saturated carbocycles. The molecule has 0 bridgehead atoms. The first-order chi connectivity index (χ1) is 8.24. The van der Waals surface area contributed by atoms with Crippen LogP contribution in [0.4, 0.5) is 5.69 Å². The van der Waals surface area contributed by atoms with Crippen molar-refractivity contribution >= 4 is 32.5 Å². The number of hydrogen-bond acceptors (Lipinski definition) is 2. The Hall–Kier alpha value is -1.09. The maximum absolute atomic E-state index is 4.43. The normalized spacial score (nSPS) is 20.1. The highest BCUT2D eigenvalue weighted by molar-refractivity contribution is 9.10. The maximum atomic E-state index is 4.43. The molecule has 0 radical (unpaired) electrons. The van der Waals surface area contributed by atoms with Crippen molar-refractivity contribution < 1.29 is 0 Å². The molecule has 1 fully saturated rings. The van der Waals surface area contributed by atoms with Crippen LogP contribution in [0.1, 0.15) is 13.3 Å². The lowest BCUT2D eigenvalue weighted by atomic mass is 10.1. The van der Waals surface area contributed by atoms with Gasteiger partial charge in [0, 0.05) is 34.8 Å². The highest BCUT2D eigenvalue weighted by atomic mass is 79.9. The van der Waals surface area contributed by atoms with Crippen molar-refractivity contribution in [3.8, 4) is 0 Å². The molecule has 1 aromatic carbocycles. The summed E-state index contributed by atoms with van der Waals surface area (Å²) in [5.74, 6) is 0.797. The third-order valence-corrected chi connectivity index (χ3v) is 3.94. The second-order valence-corrected chi connectivity index (χ2v) is 5.75. The number of benzene rings is 1. The first-order valence-electron chi connectivity index (χ1n) is 6.03. The van der Waals surface area contributed by atoms with Crippen molar-refractivity contribution in [2.75, 3.05) is 18.0 Å². The summed E-state index contributed by atoms with van der Waals surface area (Å²) in [7, 11) is 0. The second-order valence-electron chi connectivity index (χ2n) is 4.83. The zero-order valence-electron chi connectivity index (χ0n) is 9.86. The molecule has 1 aliphatic rings. The minimum absolute atomic E-state index is 0.797. The highest BCUT2D eigenvalue weighted by Crippen LogP contribution is 2.31. The number of nitrogens with zero attached hydrogens (tertiary/aromatic N) is 2. The molecule has 3 heteroatoms. The molecule has 3 rings (SSSR count). The van der Waals surface area contributed by atoms with E-state index in [0.717, 1.165) is 29.0 Å². The minimum Gasteiger partial charge on any atom is -0.371 e. The largest absolute Gasteiger partial charge is 0.371 e. The molecule has 0 aliphatic carbocycles. The molecule has 0 amide bonds. The smallest absolute Gasteiger partial charge is 0.0723 e. The van der Waals surface area contributed by atoms with Gasteiger partial charge in [0.25, 0.3) is 0 Å². The molecular formula is C14H15BrN2. The van der Waals surface area contributed by atoms with Gasteiger partial charge in [-0.05, 0) is 36.6 Å². The quantitative estimate of drug-likeness (QED) is 0.793. The summed E-state index contributed by atoms with van der Waals surface area (Å²) in [4.78, 5) is 6.90. The first kappa shape index (κ1) is 11.0. The summed E-state index contributed by atoms with van der Waals surface area (Å²) >= 11 is 3.54. The van der Waals surface area contributed by atoms with Crippen molar-refractivity contribution in [3.63, 3.8) is 0 Å². The van der Waals surface area contributed by atoms with Crippen LogP contribution in [0.5, 0.6) is 0 Å². The van der Waals surface area contributed by atoms with Crippen LogP contribution < -0.4 is 4.90 Å². The van der Waals surface area contributed by atoms with Crippen LogP contribution in [-0.2, 0) is 0 Å². The van der Waals surface area contributed by atoms with Gasteiger partial charge in [0.1, 0.15) is 0 Å². The van der Waals surface area contributed by atoms with Crippen LogP contribution in [0.2, 0.25) is 0 Å². The molecule has 88 valence electrons. The Bertz CT molecular complexity index is 553. The SMILES string of the molecule is CC1CCN(c2ccnc3ccc(Br)cc23)C1. The van der Waals surface area contributed by atoms with Gasteiger partial charge in [-0.25, -0.2) is 0 Å². The zero-order valence-corrected chi connectivity index (χ0v) is 11.4. The summed E-state index contributed by atoms with van der Waals surface area (Å²) in [5, 5.41) is 1.25. The third-order valence-electron chi connectivity index (χ3n) is 3.45. The molecule has 2 aromatic rings. The molecular weight excluding hydrogens is 276 g/mol. The van der Waals surface area contributed by atoms with Gasteiger partial charge >= 0.3 is 0 Å². The summed E-state index contributed by atoms with van der Waals surface area (Å²) in [5.41, 5.74) is 2.39. The summed E-state index contributed by atoms with van der Waals surface area (Å²) in [6.45, 7) is 4.64. The van der Waals surface area contributed by atoms with Crippen molar-refractivity contribution in [1.29, 1.82) is 0 Å². The lowest BCUT2D eigenvalue weighted by molar-refractivity contribution is 0.659. The third kappa shape index (κ3) is 2.04. The van der Waals surface area contributed by atoms with Crippen LogP contribution in [0.25, 0.3) is 10.9 Å². The van der Waals surface area contributed by atoms with E-state index in [1.54, 1.807) is 0 Å². The van der Waals surface area contributed by atoms with E-state index in [1.165, 1.54) is 17.5 Å². The van der Waals surface area contributed by atoms with Crippen LogP contribution in [-0.4, -0.2) is 18.1 Å². The van der Waals surface area contributed by atoms with Crippen molar-refractivity contribution in [2.45, 2.75) is 13.3 Å². The molecule has 0 spiro atoms. The van der Waals surface area contributed by atoms with E-state index >= 15 is 0 Å². The van der Waals surface area contributed by atoms with Crippen molar-refractivity contribution in [3.05, 3.63) is 34.9 Å². The maximum Gasteiger partial charge on any atom is 0.0723 e. The average molecular weight is 291 g/mol. The Kier molecular flexibility index (Phi) is 2.79. The molecule has 1 saturated heterocycles. The van der Waals surface area contributed by atoms with Gasteiger partial charge < -0.3 is 4.90 Å². The fourth-order valence-electron chi connectivity index (χ4n) is 2.53. The molecule has 1 aliphatic heterocycles. The number of halogens is 1. The van der Waals surface area contributed by atoms with E-state index in [9.17, 15) is 0 Å². The standard InChI is InChI=1S/C14H15BrN2/c1-10-5-7-17(9-10)14-4-6-16-13-3-2-11(15)8-12(13)14/h2-4,6,8,10H,5,7,9H2,1H3. The lowest BCUT2D eigenvalue weighted by Crippen LogP contribution is -2.19. The van der Waals surface area contributed by atoms with Crippen molar-refractivity contribution in [1.82, 2.24) is 4.98 Å². The van der Waals surface area contributed by atoms with Gasteiger partial charge in [-0.1, -0.05) is 22.9 Å². The average Bonchev–Trinajstić information content (AvgIpc) is 2.75. The Morgan fingerprint density at radius 1 is 1.35 bits per heavy atom. The van der Waals surface area contributed by atoms with E-state index in [-0.39, 0.29) is 0 Å². The Morgan fingerprint density at radius 2 is 2.24 bits per heavy atom. The molecule has 2 nitrogen and oxygen atoms in total.